The number of carbonyl (C=O) groups excluding carboxylic acids is 2. The van der Waals surface area contributed by atoms with Crippen molar-refractivity contribution in [1.82, 2.24) is 0 Å². The highest BCUT2D eigenvalue weighted by atomic mass is 35.5. The quantitative estimate of drug-likeness (QED) is 0.191. The van der Waals surface area contributed by atoms with Gasteiger partial charge in [0.1, 0.15) is 11.5 Å². The fraction of sp³-hybridized carbons (Fsp3) is 0.185. The maximum Gasteiger partial charge on any atom is 0.334 e. The normalized spacial score (nSPS) is 14.9. The zero-order valence-electron chi connectivity index (χ0n) is 18.1. The molecule has 1 aliphatic rings. The number of alkyl halides is 1. The van der Waals surface area contributed by atoms with Crippen LogP contribution in [0.4, 0.5) is 0 Å². The van der Waals surface area contributed by atoms with Gasteiger partial charge in [0, 0.05) is 5.56 Å². The number of ether oxygens (including phenoxy) is 2. The zero-order chi connectivity index (χ0) is 22.8. The Morgan fingerprint density at radius 1 is 0.969 bits per heavy atom. The molecular weight excluding hydrogens is 424 g/mol. The average Bonchev–Trinajstić information content (AvgIpc) is 3.12. The molecule has 0 amide bonds. The predicted molar refractivity (Wildman–Crippen MR) is 125 cm³/mol. The van der Waals surface area contributed by atoms with Gasteiger partial charge in [0.05, 0.1) is 5.56 Å². The van der Waals surface area contributed by atoms with Crippen LogP contribution in [-0.4, -0.2) is 11.8 Å². The molecule has 1 aliphatic heterocycles. The van der Waals surface area contributed by atoms with Crippen LogP contribution in [0.5, 0.6) is 11.5 Å². The molecule has 4 nitrogen and oxygen atoms in total. The Hall–Kier alpha value is -3.37. The third kappa shape index (κ3) is 4.32. The maximum absolute atomic E-state index is 12.8. The van der Waals surface area contributed by atoms with E-state index < -0.39 is 11.3 Å². The van der Waals surface area contributed by atoms with E-state index in [1.807, 2.05) is 42.5 Å². The smallest absolute Gasteiger partial charge is 0.334 e. The van der Waals surface area contributed by atoms with Crippen molar-refractivity contribution >= 4 is 29.4 Å². The van der Waals surface area contributed by atoms with Crippen LogP contribution in [0.15, 0.2) is 72.5 Å². The SMILES string of the molecule is Cc1c(OC(=O)C(Cl)c2ccccc2)ccc2c1O/C(=C\c1ccc(C(C)C)cc1)C2=O. The first-order valence-corrected chi connectivity index (χ1v) is 10.9. The van der Waals surface area contributed by atoms with Gasteiger partial charge in [-0.05, 0) is 47.7 Å². The van der Waals surface area contributed by atoms with Gasteiger partial charge in [-0.3, -0.25) is 4.79 Å². The molecule has 0 N–H and O–H groups in total. The Morgan fingerprint density at radius 2 is 1.66 bits per heavy atom. The van der Waals surface area contributed by atoms with Crippen LogP contribution in [-0.2, 0) is 4.79 Å². The number of esters is 1. The summed E-state index contributed by atoms with van der Waals surface area (Å²) in [6.45, 7) is 6.02. The minimum Gasteiger partial charge on any atom is -0.452 e. The second-order valence-corrected chi connectivity index (χ2v) is 8.46. The van der Waals surface area contributed by atoms with Crippen molar-refractivity contribution in [2.45, 2.75) is 32.1 Å². The number of hydrogen-bond donors (Lipinski definition) is 0. The molecule has 1 heterocycles. The average molecular weight is 447 g/mol. The van der Waals surface area contributed by atoms with E-state index in [0.29, 0.717) is 34.1 Å². The van der Waals surface area contributed by atoms with Gasteiger partial charge < -0.3 is 9.47 Å². The van der Waals surface area contributed by atoms with Crippen molar-refractivity contribution in [3.05, 3.63) is 100 Å². The van der Waals surface area contributed by atoms with Gasteiger partial charge in [0.2, 0.25) is 5.78 Å². The van der Waals surface area contributed by atoms with E-state index in [-0.39, 0.29) is 11.5 Å². The minimum absolute atomic E-state index is 0.201. The van der Waals surface area contributed by atoms with E-state index >= 15 is 0 Å². The molecule has 5 heteroatoms. The molecule has 0 aromatic heterocycles. The van der Waals surface area contributed by atoms with Crippen LogP contribution < -0.4 is 9.47 Å². The lowest BCUT2D eigenvalue weighted by molar-refractivity contribution is -0.134. The fourth-order valence-electron chi connectivity index (χ4n) is 3.53. The standard InChI is InChI=1S/C27H23ClO4/c1-16(2)19-11-9-18(10-12-19)15-23-25(29)21-13-14-22(17(3)26(21)31-23)32-27(30)24(28)20-7-5-4-6-8-20/h4-16,24H,1-3H3/b23-15-. The Morgan fingerprint density at radius 3 is 2.31 bits per heavy atom. The van der Waals surface area contributed by atoms with E-state index in [9.17, 15) is 9.59 Å². The van der Waals surface area contributed by atoms with E-state index in [1.165, 1.54) is 5.56 Å². The second kappa shape index (κ2) is 9.01. The topological polar surface area (TPSA) is 52.6 Å². The highest BCUT2D eigenvalue weighted by Crippen LogP contribution is 2.40. The highest BCUT2D eigenvalue weighted by Gasteiger charge is 2.31. The third-order valence-electron chi connectivity index (χ3n) is 5.45. The predicted octanol–water partition coefficient (Wildman–Crippen LogP) is 6.62. The molecule has 3 aromatic carbocycles. The van der Waals surface area contributed by atoms with Crippen LogP contribution in [0, 0.1) is 6.92 Å². The first kappa shape index (κ1) is 21.8. The third-order valence-corrected chi connectivity index (χ3v) is 5.88. The summed E-state index contributed by atoms with van der Waals surface area (Å²) in [5.74, 6) is 0.591. The molecule has 1 unspecified atom stereocenters. The van der Waals surface area contributed by atoms with Crippen LogP contribution in [0.1, 0.15) is 57.8 Å². The summed E-state index contributed by atoms with van der Waals surface area (Å²) in [6.07, 6.45) is 1.72. The summed E-state index contributed by atoms with van der Waals surface area (Å²) in [4.78, 5) is 25.4. The largest absolute Gasteiger partial charge is 0.452 e. The molecule has 0 saturated heterocycles. The molecule has 0 radical (unpaired) electrons. The van der Waals surface area contributed by atoms with E-state index in [4.69, 9.17) is 21.1 Å². The molecule has 32 heavy (non-hydrogen) atoms. The number of halogens is 1. The van der Waals surface area contributed by atoms with Gasteiger partial charge >= 0.3 is 5.97 Å². The van der Waals surface area contributed by atoms with Gasteiger partial charge in [-0.1, -0.05) is 68.4 Å². The van der Waals surface area contributed by atoms with E-state index in [1.54, 1.807) is 37.3 Å². The lowest BCUT2D eigenvalue weighted by Crippen LogP contribution is -2.15. The molecule has 0 saturated carbocycles. The summed E-state index contributed by atoms with van der Waals surface area (Å²) in [5, 5.41) is -0.935. The van der Waals surface area contributed by atoms with Crippen LogP contribution >= 0.6 is 11.6 Å². The summed E-state index contributed by atoms with van der Waals surface area (Å²) in [5.41, 5.74) is 3.77. The van der Waals surface area contributed by atoms with Crippen molar-refractivity contribution in [3.63, 3.8) is 0 Å². The van der Waals surface area contributed by atoms with Gasteiger partial charge in [-0.2, -0.15) is 0 Å². The van der Waals surface area contributed by atoms with Gasteiger partial charge in [0.15, 0.2) is 11.1 Å². The number of hydrogen-bond acceptors (Lipinski definition) is 4. The summed E-state index contributed by atoms with van der Waals surface area (Å²) >= 11 is 6.27. The molecule has 0 bridgehead atoms. The van der Waals surface area contributed by atoms with Crippen molar-refractivity contribution in [1.29, 1.82) is 0 Å². The number of allylic oxidation sites excluding steroid dienone is 1. The highest BCUT2D eigenvalue weighted by molar-refractivity contribution is 6.30. The number of rotatable bonds is 5. The lowest BCUT2D eigenvalue weighted by atomic mass is 10.0. The summed E-state index contributed by atoms with van der Waals surface area (Å²) in [6, 6.07) is 20.2. The zero-order valence-corrected chi connectivity index (χ0v) is 18.8. The monoisotopic (exact) mass is 446 g/mol. The Balaban J connectivity index is 1.55. The van der Waals surface area contributed by atoms with Crippen molar-refractivity contribution < 1.29 is 19.1 Å². The van der Waals surface area contributed by atoms with Crippen molar-refractivity contribution in [3.8, 4) is 11.5 Å². The molecule has 3 aromatic rings. The number of ketones is 1. The lowest BCUT2D eigenvalue weighted by Gasteiger charge is -2.13. The van der Waals surface area contributed by atoms with Crippen molar-refractivity contribution in [2.75, 3.05) is 0 Å². The van der Waals surface area contributed by atoms with Gasteiger partial charge in [-0.15, -0.1) is 11.6 Å². The molecule has 0 fully saturated rings. The number of fused-ring (bicyclic) bond motifs is 1. The Bertz CT molecular complexity index is 1190. The fourth-order valence-corrected chi connectivity index (χ4v) is 3.72. The van der Waals surface area contributed by atoms with Crippen LogP contribution in [0.3, 0.4) is 0 Å². The van der Waals surface area contributed by atoms with Gasteiger partial charge in [-0.25, -0.2) is 4.79 Å². The van der Waals surface area contributed by atoms with Gasteiger partial charge in [0.25, 0.3) is 0 Å². The number of benzene rings is 3. The summed E-state index contributed by atoms with van der Waals surface area (Å²) in [7, 11) is 0. The molecule has 1 atom stereocenters. The summed E-state index contributed by atoms with van der Waals surface area (Å²) < 4.78 is 11.4. The number of carbonyl (C=O) groups is 2. The maximum atomic E-state index is 12.8. The first-order valence-electron chi connectivity index (χ1n) is 10.4. The minimum atomic E-state index is -0.935. The van der Waals surface area contributed by atoms with Crippen LogP contribution in [0.25, 0.3) is 6.08 Å². The molecular formula is C27H23ClO4. The molecule has 0 spiro atoms. The molecule has 0 aliphatic carbocycles. The van der Waals surface area contributed by atoms with E-state index in [2.05, 4.69) is 13.8 Å². The number of Topliss-reactive ketones (excluding diaryl/α,β-unsaturated/α-hetero) is 1. The molecule has 162 valence electrons. The Kier molecular flexibility index (Phi) is 6.15. The van der Waals surface area contributed by atoms with Crippen molar-refractivity contribution in [2.24, 2.45) is 0 Å². The Labute approximate surface area is 192 Å². The van der Waals surface area contributed by atoms with E-state index in [0.717, 1.165) is 5.56 Å². The first-order chi connectivity index (χ1) is 15.3. The van der Waals surface area contributed by atoms with Crippen LogP contribution in [0.2, 0.25) is 0 Å². The second-order valence-electron chi connectivity index (χ2n) is 8.02. The molecule has 4 rings (SSSR count).